The van der Waals surface area contributed by atoms with E-state index >= 15 is 0 Å². The highest BCUT2D eigenvalue weighted by Crippen LogP contribution is 2.64. The summed E-state index contributed by atoms with van der Waals surface area (Å²) in [5.74, 6) is -5.52. The standard InChI is InChI=1S/C41H31ClFN3O7/c1-41-28(38(49)46(40(41)51)22-11-16-30(43)29(42)17-22)19-27-24(35(41)25-13-12-23(47)18-33(25)52-2)14-15-26-34(27)39(50)45(37(26)48)21-9-7-20(8-10-21)36-44-31-5-3-4-6-32(31)53-36/h3-14,16-18,26-28,34-35,47H,15,19H2,1-2H3. The number of phenols is 1. The van der Waals surface area contributed by atoms with Crippen LogP contribution in [0.3, 0.4) is 0 Å². The highest BCUT2D eigenvalue weighted by molar-refractivity contribution is 6.32. The van der Waals surface area contributed by atoms with Gasteiger partial charge in [-0.2, -0.15) is 0 Å². The van der Waals surface area contributed by atoms with E-state index in [-0.39, 0.29) is 41.1 Å². The quantitative estimate of drug-likeness (QED) is 0.146. The molecule has 1 saturated carbocycles. The Labute approximate surface area is 307 Å². The number of amides is 4. The lowest BCUT2D eigenvalue weighted by molar-refractivity contribution is -0.131. The van der Waals surface area contributed by atoms with Crippen LogP contribution in [0.2, 0.25) is 5.02 Å². The fraction of sp³-hybridized carbons (Fsp3) is 0.244. The van der Waals surface area contributed by atoms with Gasteiger partial charge in [-0.3, -0.25) is 24.1 Å². The van der Waals surface area contributed by atoms with Gasteiger partial charge in [0.2, 0.25) is 29.5 Å². The molecule has 53 heavy (non-hydrogen) atoms. The second-order valence-corrected chi connectivity index (χ2v) is 14.6. The molecule has 266 valence electrons. The molecule has 3 heterocycles. The van der Waals surface area contributed by atoms with Gasteiger partial charge in [0.25, 0.3) is 0 Å². The molecular weight excluding hydrogens is 701 g/mol. The number of carbonyl (C=O) groups excluding carboxylic acids is 4. The summed E-state index contributed by atoms with van der Waals surface area (Å²) in [6.07, 6.45) is 2.31. The van der Waals surface area contributed by atoms with E-state index in [9.17, 15) is 28.7 Å². The SMILES string of the molecule is COc1cc(O)ccc1C1C2=CCC3C(=O)N(c4ccc(-c5nc6ccccc6o5)cc4)C(=O)C3C2CC2C(=O)N(c3ccc(F)c(Cl)c3)C(=O)C21C. The van der Waals surface area contributed by atoms with E-state index in [0.29, 0.717) is 39.6 Å². The first-order valence-corrected chi connectivity index (χ1v) is 17.6. The number of benzene rings is 4. The van der Waals surface area contributed by atoms with Crippen molar-refractivity contribution in [1.82, 2.24) is 4.98 Å². The molecule has 6 atom stereocenters. The topological polar surface area (TPSA) is 130 Å². The maximum atomic E-state index is 14.7. The van der Waals surface area contributed by atoms with Gasteiger partial charge in [0.05, 0.1) is 46.7 Å². The first-order chi connectivity index (χ1) is 25.5. The number of rotatable bonds is 5. The summed E-state index contributed by atoms with van der Waals surface area (Å²) in [5.41, 5.74) is 2.50. The maximum Gasteiger partial charge on any atom is 0.241 e. The van der Waals surface area contributed by atoms with Gasteiger partial charge in [-0.15, -0.1) is 0 Å². The Balaban J connectivity index is 1.11. The zero-order valence-electron chi connectivity index (χ0n) is 28.5. The number of methoxy groups -OCH3 is 1. The average Bonchev–Trinajstić information content (AvgIpc) is 3.76. The Morgan fingerprint density at radius 3 is 2.40 bits per heavy atom. The monoisotopic (exact) mass is 731 g/mol. The van der Waals surface area contributed by atoms with E-state index in [4.69, 9.17) is 20.8 Å². The summed E-state index contributed by atoms with van der Waals surface area (Å²) in [6, 6.07) is 22.6. The highest BCUT2D eigenvalue weighted by Gasteiger charge is 2.68. The van der Waals surface area contributed by atoms with Crippen molar-refractivity contribution in [3.05, 3.63) is 113 Å². The number of aromatic nitrogens is 1. The minimum Gasteiger partial charge on any atom is -0.508 e. The van der Waals surface area contributed by atoms with Crippen molar-refractivity contribution in [2.45, 2.75) is 25.7 Å². The molecule has 2 aliphatic carbocycles. The van der Waals surface area contributed by atoms with Crippen LogP contribution in [0.5, 0.6) is 11.5 Å². The number of allylic oxidation sites excluding steroid dienone is 2. The fourth-order valence-electron chi connectivity index (χ4n) is 9.17. The van der Waals surface area contributed by atoms with Crippen LogP contribution in [-0.4, -0.2) is 40.8 Å². The summed E-state index contributed by atoms with van der Waals surface area (Å²) in [6.45, 7) is 1.73. The lowest BCUT2D eigenvalue weighted by Crippen LogP contribution is -2.49. The van der Waals surface area contributed by atoms with Crippen molar-refractivity contribution in [3.63, 3.8) is 0 Å². The zero-order valence-corrected chi connectivity index (χ0v) is 29.2. The lowest BCUT2D eigenvalue weighted by atomic mass is 9.51. The van der Waals surface area contributed by atoms with Crippen molar-refractivity contribution in [3.8, 4) is 23.0 Å². The number of anilines is 2. The lowest BCUT2D eigenvalue weighted by Gasteiger charge is -2.49. The van der Waals surface area contributed by atoms with Gasteiger partial charge in [0.1, 0.15) is 22.8 Å². The molecule has 3 fully saturated rings. The number of hydrogen-bond acceptors (Lipinski definition) is 8. The van der Waals surface area contributed by atoms with Crippen LogP contribution in [0.15, 0.2) is 101 Å². The Bertz CT molecular complexity index is 2410. The third-order valence-corrected chi connectivity index (χ3v) is 11.9. The van der Waals surface area contributed by atoms with Gasteiger partial charge in [-0.05, 0) is 86.3 Å². The van der Waals surface area contributed by atoms with Crippen LogP contribution in [0.4, 0.5) is 15.8 Å². The number of hydrogen-bond donors (Lipinski definition) is 1. The first-order valence-electron chi connectivity index (χ1n) is 17.3. The van der Waals surface area contributed by atoms with Crippen LogP contribution in [0, 0.1) is 34.9 Å². The number of fused-ring (bicyclic) bond motifs is 5. The predicted molar refractivity (Wildman–Crippen MR) is 193 cm³/mol. The minimum absolute atomic E-state index is 0.0527. The van der Waals surface area contributed by atoms with E-state index in [1.807, 2.05) is 30.3 Å². The molecule has 1 aromatic heterocycles. The Morgan fingerprint density at radius 1 is 0.906 bits per heavy atom. The molecule has 5 aromatic rings. The molecule has 10 nitrogen and oxygen atoms in total. The summed E-state index contributed by atoms with van der Waals surface area (Å²) in [4.78, 5) is 64.6. The number of halogens is 2. The molecule has 0 radical (unpaired) electrons. The van der Waals surface area contributed by atoms with Crippen LogP contribution >= 0.6 is 11.6 Å². The molecule has 4 aromatic carbocycles. The van der Waals surface area contributed by atoms with Gasteiger partial charge < -0.3 is 14.3 Å². The number of nitrogens with zero attached hydrogens (tertiary/aromatic N) is 3. The fourth-order valence-corrected chi connectivity index (χ4v) is 9.35. The molecule has 4 amide bonds. The van der Waals surface area contributed by atoms with Gasteiger partial charge in [-0.1, -0.05) is 41.4 Å². The number of phenolic OH excluding ortho intramolecular Hbond substituents is 1. The molecule has 2 saturated heterocycles. The molecule has 12 heteroatoms. The van der Waals surface area contributed by atoms with E-state index in [0.717, 1.165) is 16.5 Å². The zero-order chi connectivity index (χ0) is 36.9. The first kappa shape index (κ1) is 33.1. The largest absolute Gasteiger partial charge is 0.508 e. The molecule has 4 aliphatic rings. The second kappa shape index (κ2) is 11.9. The van der Waals surface area contributed by atoms with Crippen molar-refractivity contribution in [1.29, 1.82) is 0 Å². The van der Waals surface area contributed by atoms with Gasteiger partial charge in [0.15, 0.2) is 5.58 Å². The van der Waals surface area contributed by atoms with Crippen LogP contribution < -0.4 is 14.5 Å². The maximum absolute atomic E-state index is 14.7. The number of aromatic hydroxyl groups is 1. The number of oxazole rings is 1. The van der Waals surface area contributed by atoms with Crippen LogP contribution in [-0.2, 0) is 19.2 Å². The van der Waals surface area contributed by atoms with E-state index in [1.165, 1.54) is 36.3 Å². The molecule has 1 N–H and O–H groups in total. The normalized spacial score (nSPS) is 26.5. The second-order valence-electron chi connectivity index (χ2n) is 14.2. The molecule has 9 rings (SSSR count). The Hall–Kier alpha value is -5.81. The number of para-hydroxylation sites is 2. The van der Waals surface area contributed by atoms with Crippen molar-refractivity contribution in [2.24, 2.45) is 29.1 Å². The van der Waals surface area contributed by atoms with Crippen molar-refractivity contribution < 1.29 is 37.8 Å². The number of carbonyl (C=O) groups is 4. The van der Waals surface area contributed by atoms with Gasteiger partial charge >= 0.3 is 0 Å². The third-order valence-electron chi connectivity index (χ3n) is 11.6. The van der Waals surface area contributed by atoms with E-state index < -0.39 is 52.6 Å². The van der Waals surface area contributed by atoms with Gasteiger partial charge in [0, 0.05) is 23.1 Å². The third kappa shape index (κ3) is 4.72. The van der Waals surface area contributed by atoms with E-state index in [2.05, 4.69) is 4.98 Å². The average molecular weight is 732 g/mol. The molecular formula is C41H31ClFN3O7. The summed E-state index contributed by atoms with van der Waals surface area (Å²) < 4.78 is 25.8. The summed E-state index contributed by atoms with van der Waals surface area (Å²) >= 11 is 6.11. The number of ether oxygens (including phenoxy) is 1. The van der Waals surface area contributed by atoms with Crippen molar-refractivity contribution in [2.75, 3.05) is 16.9 Å². The summed E-state index contributed by atoms with van der Waals surface area (Å²) in [5, 5.41) is 10.1. The van der Waals surface area contributed by atoms with Crippen LogP contribution in [0.1, 0.15) is 31.2 Å². The Kier molecular flexibility index (Phi) is 7.40. The molecule has 0 bridgehead atoms. The molecule has 0 spiro atoms. The molecule has 6 unspecified atom stereocenters. The van der Waals surface area contributed by atoms with Crippen molar-refractivity contribution >= 4 is 57.7 Å². The molecule has 2 aliphatic heterocycles. The van der Waals surface area contributed by atoms with Gasteiger partial charge in [-0.25, -0.2) is 14.3 Å². The van der Waals surface area contributed by atoms with Crippen LogP contribution in [0.25, 0.3) is 22.6 Å². The predicted octanol–water partition coefficient (Wildman–Crippen LogP) is 7.44. The smallest absolute Gasteiger partial charge is 0.241 e. The number of imide groups is 2. The minimum atomic E-state index is -1.37. The summed E-state index contributed by atoms with van der Waals surface area (Å²) in [7, 11) is 1.45. The Morgan fingerprint density at radius 2 is 1.66 bits per heavy atom. The van der Waals surface area contributed by atoms with E-state index in [1.54, 1.807) is 37.3 Å². The highest BCUT2D eigenvalue weighted by atomic mass is 35.5.